The standard InChI is InChI=1S/C19H26N2O5/c1-5-6-7-15-8-13(11-25-15)16(10-20(23)24)19(4)9-14-12-26-18(2,3)21(14)17(19)22/h5,8,11,14,16H,1,6-7,9-10,12H2,2-4H3/t14?,16-,19+/m0/s1. The number of rotatable bonds is 7. The number of nitrogens with zero attached hydrogens (tertiary/aromatic N) is 2. The Kier molecular flexibility index (Phi) is 4.69. The highest BCUT2D eigenvalue weighted by Crippen LogP contribution is 2.51. The lowest BCUT2D eigenvalue weighted by atomic mass is 9.72. The number of furan rings is 1. The topological polar surface area (TPSA) is 85.8 Å². The van der Waals surface area contributed by atoms with E-state index in [-0.39, 0.29) is 23.4 Å². The van der Waals surface area contributed by atoms with Gasteiger partial charge in [0.05, 0.1) is 30.2 Å². The van der Waals surface area contributed by atoms with Gasteiger partial charge in [0, 0.05) is 16.9 Å². The SMILES string of the molecule is C=CCCc1cc([C@H](C[N+](=O)[O-])[C@@]2(C)CC3COC(C)(C)N3C2=O)co1. The minimum absolute atomic E-state index is 0.0381. The zero-order valence-corrected chi connectivity index (χ0v) is 15.6. The van der Waals surface area contributed by atoms with E-state index in [0.29, 0.717) is 19.4 Å². The van der Waals surface area contributed by atoms with Gasteiger partial charge in [0.2, 0.25) is 12.5 Å². The minimum atomic E-state index is -0.849. The smallest absolute Gasteiger partial charge is 0.232 e. The van der Waals surface area contributed by atoms with Gasteiger partial charge in [-0.15, -0.1) is 6.58 Å². The predicted octanol–water partition coefficient (Wildman–Crippen LogP) is 3.13. The number of aryl methyl sites for hydroxylation is 1. The molecule has 0 N–H and O–H groups in total. The summed E-state index contributed by atoms with van der Waals surface area (Å²) in [5, 5.41) is 11.4. The fourth-order valence-electron chi connectivity index (χ4n) is 4.37. The first kappa shape index (κ1) is 18.6. The van der Waals surface area contributed by atoms with Gasteiger partial charge in [-0.3, -0.25) is 14.9 Å². The lowest BCUT2D eigenvalue weighted by Gasteiger charge is -2.34. The van der Waals surface area contributed by atoms with E-state index in [9.17, 15) is 14.9 Å². The fourth-order valence-corrected chi connectivity index (χ4v) is 4.37. The van der Waals surface area contributed by atoms with Crippen molar-refractivity contribution in [1.29, 1.82) is 0 Å². The molecule has 0 aliphatic carbocycles. The summed E-state index contributed by atoms with van der Waals surface area (Å²) in [4.78, 5) is 26.1. The van der Waals surface area contributed by atoms with Crippen LogP contribution in [0.2, 0.25) is 0 Å². The lowest BCUT2D eigenvalue weighted by molar-refractivity contribution is -0.485. The summed E-state index contributed by atoms with van der Waals surface area (Å²) in [6.45, 7) is 9.43. The van der Waals surface area contributed by atoms with Gasteiger partial charge >= 0.3 is 0 Å². The number of carbonyl (C=O) groups excluding carboxylic acids is 1. The summed E-state index contributed by atoms with van der Waals surface area (Å²) in [6, 6.07) is 1.81. The molecule has 3 rings (SSSR count). The Bertz CT molecular complexity index is 725. The Labute approximate surface area is 153 Å². The lowest BCUT2D eigenvalue weighted by Crippen LogP contribution is -2.47. The molecular formula is C19H26N2O5. The van der Waals surface area contributed by atoms with Crippen molar-refractivity contribution in [2.45, 2.75) is 57.7 Å². The molecule has 7 nitrogen and oxygen atoms in total. The number of amides is 1. The second-order valence-corrected chi connectivity index (χ2v) is 7.95. The van der Waals surface area contributed by atoms with Crippen molar-refractivity contribution in [2.75, 3.05) is 13.2 Å². The molecule has 2 aliphatic heterocycles. The molecule has 0 aromatic carbocycles. The highest BCUT2D eigenvalue weighted by atomic mass is 16.6. The summed E-state index contributed by atoms with van der Waals surface area (Å²) >= 11 is 0. The van der Waals surface area contributed by atoms with Crippen LogP contribution in [0.25, 0.3) is 0 Å². The zero-order valence-electron chi connectivity index (χ0n) is 15.6. The van der Waals surface area contributed by atoms with E-state index >= 15 is 0 Å². The van der Waals surface area contributed by atoms with Gasteiger partial charge in [-0.2, -0.15) is 0 Å². The maximum Gasteiger partial charge on any atom is 0.232 e. The van der Waals surface area contributed by atoms with Crippen molar-refractivity contribution in [1.82, 2.24) is 4.90 Å². The van der Waals surface area contributed by atoms with Gasteiger partial charge in [-0.1, -0.05) is 6.08 Å². The summed E-state index contributed by atoms with van der Waals surface area (Å²) in [5.41, 5.74) is -0.806. The Hall–Kier alpha value is -2.15. The van der Waals surface area contributed by atoms with Crippen molar-refractivity contribution in [3.8, 4) is 0 Å². The maximum absolute atomic E-state index is 13.3. The van der Waals surface area contributed by atoms with Crippen LogP contribution in [0.4, 0.5) is 0 Å². The first-order valence-electron chi connectivity index (χ1n) is 8.97. The summed E-state index contributed by atoms with van der Waals surface area (Å²) in [6.07, 6.45) is 5.37. The number of allylic oxidation sites excluding steroid dienone is 1. The van der Waals surface area contributed by atoms with E-state index < -0.39 is 17.1 Å². The number of hydrogen-bond acceptors (Lipinski definition) is 5. The Morgan fingerprint density at radius 1 is 1.50 bits per heavy atom. The van der Waals surface area contributed by atoms with Crippen LogP contribution >= 0.6 is 0 Å². The van der Waals surface area contributed by atoms with Gasteiger partial charge < -0.3 is 14.1 Å². The third-order valence-corrected chi connectivity index (χ3v) is 5.71. The molecule has 2 saturated heterocycles. The predicted molar refractivity (Wildman–Crippen MR) is 95.2 cm³/mol. The van der Waals surface area contributed by atoms with Crippen molar-refractivity contribution in [3.63, 3.8) is 0 Å². The van der Waals surface area contributed by atoms with Crippen molar-refractivity contribution >= 4 is 5.91 Å². The van der Waals surface area contributed by atoms with Crippen LogP contribution in [0.1, 0.15) is 50.9 Å². The molecule has 2 fully saturated rings. The van der Waals surface area contributed by atoms with E-state index in [1.807, 2.05) is 26.8 Å². The number of ether oxygens (including phenoxy) is 1. The first-order valence-corrected chi connectivity index (χ1v) is 8.97. The molecular weight excluding hydrogens is 336 g/mol. The monoisotopic (exact) mass is 362 g/mol. The summed E-state index contributed by atoms with van der Waals surface area (Å²) in [7, 11) is 0. The molecule has 1 aromatic rings. The highest BCUT2D eigenvalue weighted by Gasteiger charge is 2.60. The molecule has 3 heterocycles. The molecule has 0 radical (unpaired) electrons. The van der Waals surface area contributed by atoms with Crippen LogP contribution in [0.3, 0.4) is 0 Å². The van der Waals surface area contributed by atoms with E-state index in [0.717, 1.165) is 17.7 Å². The number of carbonyl (C=O) groups is 1. The van der Waals surface area contributed by atoms with Crippen LogP contribution in [-0.4, -0.2) is 40.6 Å². The normalized spacial score (nSPS) is 28.2. The third kappa shape index (κ3) is 3.05. The number of fused-ring (bicyclic) bond motifs is 1. The van der Waals surface area contributed by atoms with Crippen molar-refractivity contribution in [2.24, 2.45) is 5.41 Å². The Morgan fingerprint density at radius 3 is 2.85 bits per heavy atom. The highest BCUT2D eigenvalue weighted by molar-refractivity contribution is 5.87. The second kappa shape index (κ2) is 6.54. The van der Waals surface area contributed by atoms with E-state index in [1.165, 1.54) is 0 Å². The zero-order chi connectivity index (χ0) is 19.1. The van der Waals surface area contributed by atoms with Crippen LogP contribution in [-0.2, 0) is 16.0 Å². The molecule has 26 heavy (non-hydrogen) atoms. The van der Waals surface area contributed by atoms with Gasteiger partial charge in [0.25, 0.3) is 0 Å². The number of hydrogen-bond donors (Lipinski definition) is 0. The fraction of sp³-hybridized carbons (Fsp3) is 0.632. The molecule has 1 unspecified atom stereocenters. The van der Waals surface area contributed by atoms with Crippen molar-refractivity contribution in [3.05, 3.63) is 46.4 Å². The summed E-state index contributed by atoms with van der Waals surface area (Å²) < 4.78 is 11.3. The van der Waals surface area contributed by atoms with Crippen molar-refractivity contribution < 1.29 is 18.9 Å². The van der Waals surface area contributed by atoms with Crippen LogP contribution < -0.4 is 0 Å². The van der Waals surface area contributed by atoms with Gasteiger partial charge in [0.15, 0.2) is 0 Å². The molecule has 0 bridgehead atoms. The average Bonchev–Trinajstić information content (AvgIpc) is 3.20. The van der Waals surface area contributed by atoms with Gasteiger partial charge in [-0.05, 0) is 39.7 Å². The maximum atomic E-state index is 13.3. The molecule has 7 heteroatoms. The summed E-state index contributed by atoms with van der Waals surface area (Å²) in [5.74, 6) is 0.143. The first-order chi connectivity index (χ1) is 12.2. The largest absolute Gasteiger partial charge is 0.469 e. The van der Waals surface area contributed by atoms with Gasteiger partial charge in [-0.25, -0.2) is 0 Å². The Balaban J connectivity index is 1.93. The third-order valence-electron chi connectivity index (χ3n) is 5.71. The van der Waals surface area contributed by atoms with Gasteiger partial charge in [0.1, 0.15) is 11.5 Å². The van der Waals surface area contributed by atoms with Crippen LogP contribution in [0, 0.1) is 15.5 Å². The Morgan fingerprint density at radius 2 is 2.23 bits per heavy atom. The quantitative estimate of drug-likeness (QED) is 0.422. The number of nitro groups is 1. The van der Waals surface area contributed by atoms with Crippen LogP contribution in [0.15, 0.2) is 29.4 Å². The minimum Gasteiger partial charge on any atom is -0.469 e. The second-order valence-electron chi connectivity index (χ2n) is 7.95. The van der Waals surface area contributed by atoms with Crippen LogP contribution in [0.5, 0.6) is 0 Å². The molecule has 3 atom stereocenters. The molecule has 142 valence electrons. The van der Waals surface area contributed by atoms with E-state index in [4.69, 9.17) is 9.15 Å². The molecule has 1 aromatic heterocycles. The molecule has 0 spiro atoms. The van der Waals surface area contributed by atoms with E-state index in [2.05, 4.69) is 6.58 Å². The molecule has 0 saturated carbocycles. The molecule has 1 amide bonds. The van der Waals surface area contributed by atoms with E-state index in [1.54, 1.807) is 17.2 Å². The average molecular weight is 362 g/mol. The molecule has 2 aliphatic rings.